The molecule has 9 heteroatoms. The maximum absolute atomic E-state index is 12.8. The van der Waals surface area contributed by atoms with Crippen LogP contribution in [0.2, 0.25) is 10.0 Å². The number of nitrogens with zero attached hydrogens (tertiary/aromatic N) is 2. The monoisotopic (exact) mass is 515 g/mol. The van der Waals surface area contributed by atoms with Crippen LogP contribution in [-0.4, -0.2) is 23.1 Å². The highest BCUT2D eigenvalue weighted by Crippen LogP contribution is 2.35. The maximum Gasteiger partial charge on any atom is 0.341 e. The highest BCUT2D eigenvalue weighted by molar-refractivity contribution is 7.15. The fraction of sp³-hybridized carbons (Fsp3) is 0.240. The molecule has 0 aliphatic carbocycles. The van der Waals surface area contributed by atoms with Crippen molar-refractivity contribution in [3.05, 3.63) is 72.8 Å². The van der Waals surface area contributed by atoms with E-state index in [0.717, 1.165) is 26.8 Å². The molecule has 0 aliphatic rings. The number of carbonyl (C=O) groups is 2. The zero-order valence-electron chi connectivity index (χ0n) is 19.4. The van der Waals surface area contributed by atoms with Crippen molar-refractivity contribution in [1.29, 1.82) is 5.26 Å². The number of nitriles is 1. The van der Waals surface area contributed by atoms with Crippen LogP contribution < -0.4 is 5.32 Å². The second kappa shape index (κ2) is 10.5. The number of esters is 1. The summed E-state index contributed by atoms with van der Waals surface area (Å²) in [6.07, 6.45) is 1.52. The lowest BCUT2D eigenvalue weighted by molar-refractivity contribution is -0.112. The van der Waals surface area contributed by atoms with E-state index in [1.807, 2.05) is 44.4 Å². The van der Waals surface area contributed by atoms with Crippen LogP contribution in [-0.2, 0) is 9.53 Å². The summed E-state index contributed by atoms with van der Waals surface area (Å²) in [5, 5.41) is 13.5. The van der Waals surface area contributed by atoms with Crippen molar-refractivity contribution >= 4 is 58.2 Å². The molecule has 0 unspecified atom stereocenters. The molecular weight excluding hydrogens is 493 g/mol. The fourth-order valence-electron chi connectivity index (χ4n) is 3.55. The van der Waals surface area contributed by atoms with Gasteiger partial charge in [0.1, 0.15) is 16.6 Å². The maximum atomic E-state index is 12.8. The molecule has 3 aromatic rings. The van der Waals surface area contributed by atoms with Crippen molar-refractivity contribution in [3.8, 4) is 11.1 Å². The average Bonchev–Trinajstić information content (AvgIpc) is 3.23. The number of halogens is 2. The number of aromatic nitrogens is 1. The number of nitrogens with one attached hydrogen (secondary N) is 1. The molecular formula is C25H23Cl2N3O3S. The average molecular weight is 516 g/mol. The smallest absolute Gasteiger partial charge is 0.341 e. The molecule has 34 heavy (non-hydrogen) atoms. The number of benzene rings is 1. The first kappa shape index (κ1) is 25.6. The van der Waals surface area contributed by atoms with E-state index >= 15 is 0 Å². The minimum Gasteiger partial charge on any atom is -0.462 e. The van der Waals surface area contributed by atoms with Crippen molar-refractivity contribution in [2.45, 2.75) is 34.6 Å². The summed E-state index contributed by atoms with van der Waals surface area (Å²) in [7, 11) is 0. The summed E-state index contributed by atoms with van der Waals surface area (Å²) in [5.41, 5.74) is 3.93. The predicted molar refractivity (Wildman–Crippen MR) is 137 cm³/mol. The number of carbonyl (C=O) groups excluding carboxylic acids is 2. The van der Waals surface area contributed by atoms with Crippen LogP contribution in [0.1, 0.15) is 44.7 Å². The minimum atomic E-state index is -0.605. The molecule has 6 nitrogen and oxygen atoms in total. The lowest BCUT2D eigenvalue weighted by Gasteiger charge is -2.11. The number of thiophene rings is 1. The summed E-state index contributed by atoms with van der Waals surface area (Å²) < 4.78 is 7.23. The van der Waals surface area contributed by atoms with Crippen LogP contribution in [0.15, 0.2) is 29.8 Å². The lowest BCUT2D eigenvalue weighted by atomic mass is 10.1. The Morgan fingerprint density at radius 3 is 2.59 bits per heavy atom. The molecule has 1 N–H and O–H groups in total. The first-order valence-electron chi connectivity index (χ1n) is 10.4. The molecule has 0 fully saturated rings. The quantitative estimate of drug-likeness (QED) is 0.222. The van der Waals surface area contributed by atoms with Gasteiger partial charge in [0, 0.05) is 16.3 Å². The highest BCUT2D eigenvalue weighted by Gasteiger charge is 2.24. The van der Waals surface area contributed by atoms with Crippen molar-refractivity contribution in [3.63, 3.8) is 0 Å². The Hall–Kier alpha value is -3.05. The Kier molecular flexibility index (Phi) is 7.88. The second-order valence-electron chi connectivity index (χ2n) is 7.57. The summed E-state index contributed by atoms with van der Waals surface area (Å²) in [6.45, 7) is 9.68. The largest absolute Gasteiger partial charge is 0.462 e. The van der Waals surface area contributed by atoms with E-state index in [9.17, 15) is 14.9 Å². The van der Waals surface area contributed by atoms with E-state index in [0.29, 0.717) is 21.8 Å². The Bertz CT molecular complexity index is 1360. The molecule has 0 bridgehead atoms. The summed E-state index contributed by atoms with van der Waals surface area (Å²) in [6, 6.07) is 8.68. The molecule has 1 aromatic carbocycles. The Labute approximate surface area is 212 Å². The van der Waals surface area contributed by atoms with E-state index in [2.05, 4.69) is 5.32 Å². The number of ether oxygens (including phenoxy) is 1. The van der Waals surface area contributed by atoms with Gasteiger partial charge in [-0.15, -0.1) is 11.3 Å². The van der Waals surface area contributed by atoms with Gasteiger partial charge < -0.3 is 14.6 Å². The van der Waals surface area contributed by atoms with E-state index in [1.54, 1.807) is 25.1 Å². The van der Waals surface area contributed by atoms with Gasteiger partial charge in [-0.05, 0) is 70.0 Å². The van der Waals surface area contributed by atoms with Gasteiger partial charge in [-0.1, -0.05) is 29.3 Å². The number of hydrogen-bond donors (Lipinski definition) is 1. The van der Waals surface area contributed by atoms with Gasteiger partial charge in [0.05, 0.1) is 27.9 Å². The van der Waals surface area contributed by atoms with Gasteiger partial charge in [0.15, 0.2) is 0 Å². The Morgan fingerprint density at radius 2 is 1.94 bits per heavy atom. The molecule has 2 heterocycles. The van der Waals surface area contributed by atoms with E-state index in [4.69, 9.17) is 27.9 Å². The van der Waals surface area contributed by atoms with Gasteiger partial charge >= 0.3 is 5.97 Å². The number of hydrogen-bond acceptors (Lipinski definition) is 5. The van der Waals surface area contributed by atoms with Gasteiger partial charge in [0.25, 0.3) is 5.91 Å². The minimum absolute atomic E-state index is 0.0968. The van der Waals surface area contributed by atoms with Crippen molar-refractivity contribution < 1.29 is 14.3 Å². The third-order valence-electron chi connectivity index (χ3n) is 5.38. The molecule has 0 atom stereocenters. The zero-order chi connectivity index (χ0) is 25.2. The molecule has 0 saturated heterocycles. The highest BCUT2D eigenvalue weighted by atomic mass is 35.5. The van der Waals surface area contributed by atoms with E-state index < -0.39 is 5.91 Å². The number of rotatable bonds is 6. The van der Waals surface area contributed by atoms with Crippen LogP contribution in [0.3, 0.4) is 0 Å². The van der Waals surface area contributed by atoms with Gasteiger partial charge in [-0.25, -0.2) is 4.79 Å². The molecule has 3 rings (SSSR count). The van der Waals surface area contributed by atoms with Crippen LogP contribution in [0.25, 0.3) is 11.1 Å². The molecule has 2 aromatic heterocycles. The van der Waals surface area contributed by atoms with Gasteiger partial charge in [0.2, 0.25) is 0 Å². The first-order chi connectivity index (χ1) is 16.1. The first-order valence-corrected chi connectivity index (χ1v) is 12.0. The topological polar surface area (TPSA) is 84.1 Å². The standard InChI is InChI=1S/C25H23Cl2N3O3S/c1-6-33-25(32)21-14(3)16(5)34-24(21)30-13(2)10-17(15(30)4)11-18(12-28)23(31)29-20-9-7-8-19(26)22(20)27/h7-11H,6H2,1-5H3,(H,29,31)/b18-11-. The van der Waals surface area contributed by atoms with Crippen molar-refractivity contribution in [2.75, 3.05) is 11.9 Å². The molecule has 0 radical (unpaired) electrons. The second-order valence-corrected chi connectivity index (χ2v) is 9.56. The molecule has 0 saturated carbocycles. The van der Waals surface area contributed by atoms with Crippen molar-refractivity contribution in [2.24, 2.45) is 0 Å². The van der Waals surface area contributed by atoms with Crippen LogP contribution in [0.5, 0.6) is 0 Å². The summed E-state index contributed by atoms with van der Waals surface area (Å²) in [4.78, 5) is 26.5. The fourth-order valence-corrected chi connectivity index (χ4v) is 5.15. The molecule has 0 aliphatic heterocycles. The van der Waals surface area contributed by atoms with E-state index in [1.165, 1.54) is 17.4 Å². The lowest BCUT2D eigenvalue weighted by Crippen LogP contribution is -2.14. The third kappa shape index (κ3) is 4.90. The Balaban J connectivity index is 2.03. The Morgan fingerprint density at radius 1 is 1.24 bits per heavy atom. The molecule has 176 valence electrons. The van der Waals surface area contributed by atoms with Gasteiger partial charge in [-0.2, -0.15) is 5.26 Å². The summed E-state index contributed by atoms with van der Waals surface area (Å²) in [5.74, 6) is -0.981. The summed E-state index contributed by atoms with van der Waals surface area (Å²) >= 11 is 13.7. The molecule has 0 spiro atoms. The van der Waals surface area contributed by atoms with Crippen molar-refractivity contribution in [1.82, 2.24) is 4.57 Å². The third-order valence-corrected chi connectivity index (χ3v) is 7.40. The van der Waals surface area contributed by atoms with Crippen LogP contribution >= 0.6 is 34.5 Å². The van der Waals surface area contributed by atoms with Crippen LogP contribution in [0, 0.1) is 39.0 Å². The van der Waals surface area contributed by atoms with Gasteiger partial charge in [-0.3, -0.25) is 4.79 Å². The number of amides is 1. The number of anilines is 1. The predicted octanol–water partition coefficient (Wildman–Crippen LogP) is 6.80. The van der Waals surface area contributed by atoms with E-state index in [-0.39, 0.29) is 23.2 Å². The van der Waals surface area contributed by atoms with Crippen LogP contribution in [0.4, 0.5) is 5.69 Å². The zero-order valence-corrected chi connectivity index (χ0v) is 21.7. The normalized spacial score (nSPS) is 11.3. The number of aryl methyl sites for hydroxylation is 2. The molecule has 1 amide bonds. The SMILES string of the molecule is CCOC(=O)c1c(-n2c(C)cc(/C=C(/C#N)C(=O)Nc3cccc(Cl)c3Cl)c2C)sc(C)c1C.